The van der Waals surface area contributed by atoms with Gasteiger partial charge in [0.2, 0.25) is 0 Å². The van der Waals surface area contributed by atoms with Crippen LogP contribution in [0.1, 0.15) is 17.9 Å². The van der Waals surface area contributed by atoms with Crippen molar-refractivity contribution in [2.24, 2.45) is 5.92 Å². The average molecular weight is 394 g/mol. The molecule has 124 valence electrons. The van der Waals surface area contributed by atoms with E-state index in [-0.39, 0.29) is 16.6 Å². The normalized spacial score (nSPS) is 32.5. The van der Waals surface area contributed by atoms with Gasteiger partial charge in [-0.15, -0.1) is 0 Å². The van der Waals surface area contributed by atoms with Gasteiger partial charge in [-0.3, -0.25) is 5.21 Å². The van der Waals surface area contributed by atoms with Gasteiger partial charge in [0.25, 0.3) is 11.8 Å². The standard InChI is InChI=1S/C14H11BrF3NO4/c15-6-1-2-9-8(5-6)10-7-3-4-21-13(7)23-19(20)11(10)12(22-9)14(16,17)18/h1-2,5,7,10,12-13H,3-4H2/t7-,10-,12-,13+/m0/s1. The molecule has 0 spiro atoms. The third kappa shape index (κ3) is 2.28. The quantitative estimate of drug-likeness (QED) is 0.635. The number of fused-ring (bicyclic) bond motifs is 5. The maximum atomic E-state index is 13.4. The summed E-state index contributed by atoms with van der Waals surface area (Å²) in [7, 11) is 0. The van der Waals surface area contributed by atoms with E-state index in [1.807, 2.05) is 0 Å². The van der Waals surface area contributed by atoms with Gasteiger partial charge >= 0.3 is 6.18 Å². The molecule has 3 aliphatic rings. The molecule has 4 atom stereocenters. The van der Waals surface area contributed by atoms with Crippen LogP contribution in [0.4, 0.5) is 13.2 Å². The van der Waals surface area contributed by atoms with Crippen LogP contribution in [0.2, 0.25) is 0 Å². The number of rotatable bonds is 0. The van der Waals surface area contributed by atoms with Gasteiger partial charge in [0.05, 0.1) is 5.92 Å². The first kappa shape index (κ1) is 15.1. The highest BCUT2D eigenvalue weighted by molar-refractivity contribution is 9.10. The zero-order valence-corrected chi connectivity index (χ0v) is 13.1. The largest absolute Gasteiger partial charge is 0.469 e. The molecular weight excluding hydrogens is 383 g/mol. The Morgan fingerprint density at radius 3 is 2.83 bits per heavy atom. The summed E-state index contributed by atoms with van der Waals surface area (Å²) >= 11 is 3.31. The van der Waals surface area contributed by atoms with E-state index < -0.39 is 30.2 Å². The van der Waals surface area contributed by atoms with Crippen molar-refractivity contribution >= 4 is 21.6 Å². The van der Waals surface area contributed by atoms with E-state index in [2.05, 4.69) is 15.9 Å². The Hall–Kier alpha value is -1.48. The second-order valence-electron chi connectivity index (χ2n) is 5.68. The maximum Gasteiger partial charge on any atom is 0.435 e. The minimum atomic E-state index is -4.71. The van der Waals surface area contributed by atoms with Crippen molar-refractivity contribution in [1.82, 2.24) is 0 Å². The SMILES string of the molecule is [O-][N+]1=C2[C@H](c3cc(Br)ccc3O[C@@H]2C(F)(F)F)[C@@H]2CCO[C@@H]2O1. The third-order valence-electron chi connectivity index (χ3n) is 4.36. The lowest BCUT2D eigenvalue weighted by molar-refractivity contribution is -0.774. The van der Waals surface area contributed by atoms with Gasteiger partial charge in [0.1, 0.15) is 5.75 Å². The number of benzene rings is 1. The van der Waals surface area contributed by atoms with Gasteiger partial charge in [-0.05, 0) is 24.6 Å². The van der Waals surface area contributed by atoms with Crippen LogP contribution in [0.3, 0.4) is 0 Å². The molecule has 1 fully saturated rings. The zero-order chi connectivity index (χ0) is 16.4. The topological polar surface area (TPSA) is 53.8 Å². The second-order valence-corrected chi connectivity index (χ2v) is 6.59. The highest BCUT2D eigenvalue weighted by atomic mass is 79.9. The van der Waals surface area contributed by atoms with Crippen LogP contribution in [0.25, 0.3) is 0 Å². The molecule has 0 aromatic heterocycles. The molecule has 1 saturated heterocycles. The first-order valence-electron chi connectivity index (χ1n) is 7.01. The van der Waals surface area contributed by atoms with E-state index in [1.165, 1.54) is 6.07 Å². The van der Waals surface area contributed by atoms with Crippen LogP contribution < -0.4 is 4.74 Å². The van der Waals surface area contributed by atoms with Crippen molar-refractivity contribution in [2.45, 2.75) is 30.9 Å². The molecule has 3 aliphatic heterocycles. The summed E-state index contributed by atoms with van der Waals surface area (Å²) in [4.78, 5) is 4.91. The van der Waals surface area contributed by atoms with Crippen LogP contribution in [-0.2, 0) is 9.57 Å². The Morgan fingerprint density at radius 1 is 1.30 bits per heavy atom. The number of nitrogens with zero attached hydrogens (tertiary/aromatic N) is 1. The summed E-state index contributed by atoms with van der Waals surface area (Å²) < 4.78 is 51.3. The molecule has 0 saturated carbocycles. The molecule has 3 heterocycles. The smallest absolute Gasteiger partial charge is 0.435 e. The molecular formula is C14H11BrF3NO4. The third-order valence-corrected chi connectivity index (χ3v) is 4.85. The number of hydrogen-bond acceptors (Lipinski definition) is 4. The fourth-order valence-corrected chi connectivity index (χ4v) is 3.82. The predicted molar refractivity (Wildman–Crippen MR) is 74.9 cm³/mol. The van der Waals surface area contributed by atoms with Crippen molar-refractivity contribution in [2.75, 3.05) is 6.61 Å². The Bertz CT molecular complexity index is 693. The van der Waals surface area contributed by atoms with E-state index in [9.17, 15) is 18.4 Å². The van der Waals surface area contributed by atoms with E-state index >= 15 is 0 Å². The molecule has 0 radical (unpaired) electrons. The number of ether oxygens (including phenoxy) is 2. The van der Waals surface area contributed by atoms with Crippen molar-refractivity contribution in [1.29, 1.82) is 0 Å². The minimum absolute atomic E-state index is 0.0703. The van der Waals surface area contributed by atoms with Crippen molar-refractivity contribution in [3.8, 4) is 5.75 Å². The summed E-state index contributed by atoms with van der Waals surface area (Å²) in [5.74, 6) is -0.969. The summed E-state index contributed by atoms with van der Waals surface area (Å²) in [5, 5.41) is 12.1. The van der Waals surface area contributed by atoms with E-state index in [0.717, 1.165) is 0 Å². The summed E-state index contributed by atoms with van der Waals surface area (Å²) in [6.45, 7) is 0.341. The summed E-state index contributed by atoms with van der Waals surface area (Å²) in [6, 6.07) is 4.76. The summed E-state index contributed by atoms with van der Waals surface area (Å²) in [6.07, 6.45) is -7.35. The molecule has 4 rings (SSSR count). The lowest BCUT2D eigenvalue weighted by Crippen LogP contribution is -2.55. The van der Waals surface area contributed by atoms with E-state index in [1.54, 1.807) is 12.1 Å². The van der Waals surface area contributed by atoms with Gasteiger partial charge in [0.15, 0.2) is 6.29 Å². The Kier molecular flexibility index (Phi) is 3.28. The number of alkyl halides is 3. The van der Waals surface area contributed by atoms with Crippen LogP contribution in [-0.4, -0.2) is 35.8 Å². The molecule has 9 heteroatoms. The molecule has 0 unspecified atom stereocenters. The predicted octanol–water partition coefficient (Wildman–Crippen LogP) is 3.12. The van der Waals surface area contributed by atoms with E-state index in [0.29, 0.717) is 23.1 Å². The highest BCUT2D eigenvalue weighted by Gasteiger charge is 2.61. The fraction of sp³-hybridized carbons (Fsp3) is 0.500. The maximum absolute atomic E-state index is 13.4. The molecule has 0 N–H and O–H groups in total. The van der Waals surface area contributed by atoms with E-state index in [4.69, 9.17) is 14.3 Å². The van der Waals surface area contributed by atoms with Gasteiger partial charge < -0.3 is 14.3 Å². The minimum Gasteiger partial charge on any atom is -0.469 e. The number of hydrogen-bond donors (Lipinski definition) is 0. The molecule has 0 bridgehead atoms. The average Bonchev–Trinajstić information content (AvgIpc) is 2.93. The van der Waals surface area contributed by atoms with Gasteiger partial charge in [-0.2, -0.15) is 13.2 Å². The fourth-order valence-electron chi connectivity index (χ4n) is 3.44. The lowest BCUT2D eigenvalue weighted by Gasteiger charge is -2.39. The van der Waals surface area contributed by atoms with Crippen molar-refractivity contribution in [3.63, 3.8) is 0 Å². The van der Waals surface area contributed by atoms with Gasteiger partial charge in [-0.25, -0.2) is 0 Å². The van der Waals surface area contributed by atoms with Crippen LogP contribution >= 0.6 is 15.9 Å². The number of halogens is 4. The Balaban J connectivity index is 1.92. The van der Waals surface area contributed by atoms with Crippen LogP contribution in [0.5, 0.6) is 5.75 Å². The molecule has 23 heavy (non-hydrogen) atoms. The highest BCUT2D eigenvalue weighted by Crippen LogP contribution is 2.49. The zero-order valence-electron chi connectivity index (χ0n) is 11.5. The Morgan fingerprint density at radius 2 is 2.09 bits per heavy atom. The molecule has 1 aromatic carbocycles. The van der Waals surface area contributed by atoms with Gasteiger partial charge in [-0.1, -0.05) is 15.9 Å². The first-order valence-corrected chi connectivity index (χ1v) is 7.81. The summed E-state index contributed by atoms with van der Waals surface area (Å²) in [5.41, 5.74) is 0.0781. The van der Waals surface area contributed by atoms with Crippen molar-refractivity contribution < 1.29 is 32.4 Å². The van der Waals surface area contributed by atoms with Crippen molar-refractivity contribution in [3.05, 3.63) is 33.4 Å². The van der Waals surface area contributed by atoms with Crippen LogP contribution in [0.15, 0.2) is 22.7 Å². The molecule has 1 aromatic rings. The first-order chi connectivity index (χ1) is 10.9. The molecule has 0 aliphatic carbocycles. The monoisotopic (exact) mass is 393 g/mol. The Labute approximate surface area is 137 Å². The lowest BCUT2D eigenvalue weighted by atomic mass is 9.76. The second kappa shape index (κ2) is 5.01. The molecule has 5 nitrogen and oxygen atoms in total. The van der Waals surface area contributed by atoms with Gasteiger partial charge in [0, 0.05) is 27.5 Å². The molecule has 0 amide bonds. The van der Waals surface area contributed by atoms with Crippen LogP contribution in [0, 0.1) is 11.1 Å².